The maximum atomic E-state index is 12.2. The van der Waals surface area contributed by atoms with Crippen LogP contribution in [0, 0.1) is 0 Å². The van der Waals surface area contributed by atoms with Gasteiger partial charge in [0.05, 0.1) is 0 Å². The van der Waals surface area contributed by atoms with Gasteiger partial charge in [-0.15, -0.1) is 0 Å². The summed E-state index contributed by atoms with van der Waals surface area (Å²) in [5.41, 5.74) is 0.743. The van der Waals surface area contributed by atoms with Crippen molar-refractivity contribution in [3.63, 3.8) is 0 Å². The SMILES string of the molecule is CC(=O)[C@H](O[Si](C)(C)C(C)(C)C)[C@@H](O)c1cccc2ccccc12. The fourth-order valence-electron chi connectivity index (χ4n) is 2.54. The fourth-order valence-corrected chi connectivity index (χ4v) is 3.82. The highest BCUT2D eigenvalue weighted by molar-refractivity contribution is 6.74. The van der Waals surface area contributed by atoms with Crippen molar-refractivity contribution in [1.82, 2.24) is 0 Å². The van der Waals surface area contributed by atoms with Crippen LogP contribution in [0.2, 0.25) is 18.1 Å². The van der Waals surface area contributed by atoms with Gasteiger partial charge < -0.3 is 9.53 Å². The summed E-state index contributed by atoms with van der Waals surface area (Å²) in [6.45, 7) is 12.1. The van der Waals surface area contributed by atoms with Gasteiger partial charge in [-0.1, -0.05) is 63.2 Å². The highest BCUT2D eigenvalue weighted by Gasteiger charge is 2.42. The molecule has 0 aliphatic heterocycles. The lowest BCUT2D eigenvalue weighted by atomic mass is 9.96. The highest BCUT2D eigenvalue weighted by atomic mass is 28.4. The van der Waals surface area contributed by atoms with Gasteiger partial charge in [0.15, 0.2) is 14.1 Å². The van der Waals surface area contributed by atoms with Crippen LogP contribution in [0.25, 0.3) is 10.8 Å². The lowest BCUT2D eigenvalue weighted by Gasteiger charge is -2.39. The average molecular weight is 345 g/mol. The van der Waals surface area contributed by atoms with E-state index in [0.29, 0.717) is 0 Å². The third-order valence-electron chi connectivity index (χ3n) is 5.06. The van der Waals surface area contributed by atoms with Gasteiger partial charge in [0, 0.05) is 0 Å². The molecule has 2 rings (SSSR count). The van der Waals surface area contributed by atoms with Gasteiger partial charge >= 0.3 is 0 Å². The zero-order chi connectivity index (χ0) is 18.1. The van der Waals surface area contributed by atoms with Gasteiger partial charge in [-0.2, -0.15) is 0 Å². The van der Waals surface area contributed by atoms with Crippen LogP contribution in [0.5, 0.6) is 0 Å². The van der Waals surface area contributed by atoms with Crippen LogP contribution in [0.3, 0.4) is 0 Å². The second kappa shape index (κ2) is 6.79. The molecule has 0 aliphatic rings. The Hall–Kier alpha value is -1.49. The van der Waals surface area contributed by atoms with E-state index in [1.54, 1.807) is 0 Å². The van der Waals surface area contributed by atoms with Crippen molar-refractivity contribution in [2.75, 3.05) is 0 Å². The number of ketones is 1. The number of hydrogen-bond donors (Lipinski definition) is 1. The molecule has 0 aliphatic carbocycles. The van der Waals surface area contributed by atoms with Crippen LogP contribution < -0.4 is 0 Å². The van der Waals surface area contributed by atoms with E-state index in [9.17, 15) is 9.90 Å². The number of benzene rings is 2. The van der Waals surface area contributed by atoms with E-state index in [4.69, 9.17) is 4.43 Å². The summed E-state index contributed by atoms with van der Waals surface area (Å²) < 4.78 is 6.27. The minimum atomic E-state index is -2.17. The minimum absolute atomic E-state index is 0.0286. The molecule has 0 saturated carbocycles. The molecule has 2 aromatic rings. The maximum Gasteiger partial charge on any atom is 0.193 e. The summed E-state index contributed by atoms with van der Waals surface area (Å²) in [4.78, 5) is 12.2. The average Bonchev–Trinajstić information content (AvgIpc) is 2.50. The van der Waals surface area contributed by atoms with Crippen LogP contribution in [0.15, 0.2) is 42.5 Å². The second-order valence-corrected chi connectivity index (χ2v) is 12.7. The van der Waals surface area contributed by atoms with Gasteiger partial charge in [0.25, 0.3) is 0 Å². The number of carbonyl (C=O) groups excluding carboxylic acids is 1. The molecule has 0 heterocycles. The van der Waals surface area contributed by atoms with E-state index in [-0.39, 0.29) is 10.8 Å². The Morgan fingerprint density at radius 1 is 1.08 bits per heavy atom. The van der Waals surface area contributed by atoms with E-state index in [2.05, 4.69) is 33.9 Å². The standard InChI is InChI=1S/C20H28O3Si/c1-14(21)19(23-24(5,6)20(2,3)4)18(22)17-13-9-11-15-10-7-8-12-16(15)17/h7-13,18-19,22H,1-6H3/t18-,19-/m0/s1. The largest absolute Gasteiger partial charge is 0.404 e. The molecule has 4 heteroatoms. The Morgan fingerprint density at radius 2 is 1.67 bits per heavy atom. The molecule has 0 aromatic heterocycles. The topological polar surface area (TPSA) is 46.5 Å². The number of Topliss-reactive ketones (excluding diaryl/α,β-unsaturated/α-hetero) is 1. The normalized spacial score (nSPS) is 15.3. The lowest BCUT2D eigenvalue weighted by molar-refractivity contribution is -0.129. The van der Waals surface area contributed by atoms with Crippen LogP contribution in [0.4, 0.5) is 0 Å². The van der Waals surface area contributed by atoms with Gasteiger partial charge in [0.1, 0.15) is 12.2 Å². The van der Waals surface area contributed by atoms with E-state index in [0.717, 1.165) is 16.3 Å². The van der Waals surface area contributed by atoms with Gasteiger partial charge in [-0.3, -0.25) is 4.79 Å². The number of aliphatic hydroxyl groups excluding tert-OH is 1. The van der Waals surface area contributed by atoms with Gasteiger partial charge in [-0.05, 0) is 41.4 Å². The van der Waals surface area contributed by atoms with Crippen molar-refractivity contribution in [3.05, 3.63) is 48.0 Å². The summed E-state index contributed by atoms with van der Waals surface area (Å²) >= 11 is 0. The van der Waals surface area contributed by atoms with Crippen molar-refractivity contribution in [1.29, 1.82) is 0 Å². The summed E-state index contributed by atoms with van der Waals surface area (Å²) in [5, 5.41) is 12.9. The summed E-state index contributed by atoms with van der Waals surface area (Å²) in [7, 11) is -2.17. The molecule has 0 unspecified atom stereocenters. The molecular weight excluding hydrogens is 316 g/mol. The van der Waals surface area contributed by atoms with Crippen molar-refractivity contribution in [3.8, 4) is 0 Å². The molecule has 0 amide bonds. The highest BCUT2D eigenvalue weighted by Crippen LogP contribution is 2.39. The Labute approximate surface area is 145 Å². The zero-order valence-corrected chi connectivity index (χ0v) is 16.5. The molecule has 130 valence electrons. The lowest BCUT2D eigenvalue weighted by Crippen LogP contribution is -2.47. The first-order chi connectivity index (χ1) is 11.0. The third-order valence-corrected chi connectivity index (χ3v) is 9.51. The molecule has 0 spiro atoms. The Morgan fingerprint density at radius 3 is 2.25 bits per heavy atom. The fraction of sp³-hybridized carbons (Fsp3) is 0.450. The van der Waals surface area contributed by atoms with E-state index in [1.165, 1.54) is 6.92 Å². The van der Waals surface area contributed by atoms with Gasteiger partial charge in [0.2, 0.25) is 0 Å². The van der Waals surface area contributed by atoms with E-state index >= 15 is 0 Å². The molecule has 0 saturated heterocycles. The zero-order valence-electron chi connectivity index (χ0n) is 15.5. The Kier molecular flexibility index (Phi) is 5.33. The number of carbonyl (C=O) groups is 1. The molecule has 1 N–H and O–H groups in total. The molecule has 0 radical (unpaired) electrons. The first-order valence-corrected chi connectivity index (χ1v) is 11.3. The number of aliphatic hydroxyl groups is 1. The van der Waals surface area contributed by atoms with Crippen molar-refractivity contribution in [2.45, 2.75) is 58.0 Å². The van der Waals surface area contributed by atoms with E-state index in [1.807, 2.05) is 42.5 Å². The van der Waals surface area contributed by atoms with Crippen molar-refractivity contribution in [2.24, 2.45) is 0 Å². The molecule has 2 atom stereocenters. The predicted octanol–water partition coefficient (Wildman–Crippen LogP) is 4.85. The first kappa shape index (κ1) is 18.8. The maximum absolute atomic E-state index is 12.2. The molecule has 2 aromatic carbocycles. The van der Waals surface area contributed by atoms with Crippen LogP contribution in [-0.4, -0.2) is 25.3 Å². The monoisotopic (exact) mass is 344 g/mol. The number of hydrogen-bond acceptors (Lipinski definition) is 3. The number of rotatable bonds is 5. The second-order valence-electron chi connectivity index (χ2n) is 7.92. The molecular formula is C20H28O3Si. The summed E-state index contributed by atoms with van der Waals surface area (Å²) in [6, 6.07) is 13.7. The van der Waals surface area contributed by atoms with Crippen molar-refractivity contribution < 1.29 is 14.3 Å². The summed E-state index contributed by atoms with van der Waals surface area (Å²) in [5.74, 6) is -0.139. The van der Waals surface area contributed by atoms with Crippen molar-refractivity contribution >= 4 is 24.9 Å². The predicted molar refractivity (Wildman–Crippen MR) is 102 cm³/mol. The molecule has 0 bridgehead atoms. The minimum Gasteiger partial charge on any atom is -0.404 e. The quantitative estimate of drug-likeness (QED) is 0.789. The molecule has 24 heavy (non-hydrogen) atoms. The Balaban J connectivity index is 2.43. The van der Waals surface area contributed by atoms with E-state index < -0.39 is 20.5 Å². The molecule has 0 fully saturated rings. The van der Waals surface area contributed by atoms with Crippen LogP contribution >= 0.6 is 0 Å². The van der Waals surface area contributed by atoms with Crippen LogP contribution in [0.1, 0.15) is 39.4 Å². The van der Waals surface area contributed by atoms with Crippen LogP contribution in [-0.2, 0) is 9.22 Å². The Bertz CT molecular complexity index is 726. The number of fused-ring (bicyclic) bond motifs is 1. The summed E-state index contributed by atoms with van der Waals surface area (Å²) in [6.07, 6.45) is -1.81. The van der Waals surface area contributed by atoms with Gasteiger partial charge in [-0.25, -0.2) is 0 Å². The molecule has 3 nitrogen and oxygen atoms in total. The first-order valence-electron chi connectivity index (χ1n) is 8.38. The smallest absolute Gasteiger partial charge is 0.193 e. The third kappa shape index (κ3) is 3.77.